The van der Waals surface area contributed by atoms with E-state index in [-0.39, 0.29) is 11.9 Å². The van der Waals surface area contributed by atoms with E-state index in [0.717, 1.165) is 57.9 Å². The molecule has 6 heteroatoms. The Morgan fingerprint density at radius 2 is 1.72 bits per heavy atom. The molecule has 1 aromatic carbocycles. The summed E-state index contributed by atoms with van der Waals surface area (Å²) in [6.07, 6.45) is 3.90. The molecule has 0 saturated carbocycles. The third-order valence-electron chi connectivity index (χ3n) is 7.04. The topological polar surface area (TPSA) is 55.9 Å². The molecule has 2 unspecified atom stereocenters. The predicted molar refractivity (Wildman–Crippen MR) is 115 cm³/mol. The lowest BCUT2D eigenvalue weighted by molar-refractivity contribution is -0.135. The SMILES string of the molecule is CC(CC(=O)N1CCN(C2CCN(c3ccccc3)C2=O)CC1)C1CCNCC1. The molecule has 2 amide bonds. The number of rotatable bonds is 5. The molecular weight excluding hydrogens is 364 g/mol. The molecule has 0 spiro atoms. The molecule has 29 heavy (non-hydrogen) atoms. The summed E-state index contributed by atoms with van der Waals surface area (Å²) in [6.45, 7) is 8.26. The standard InChI is InChI=1S/C23H34N4O2/c1-18(19-7-10-24-11-8-19)17-22(28)26-15-13-25(14-16-26)21-9-12-27(23(21)29)20-5-3-2-4-6-20/h2-6,18-19,21,24H,7-17H2,1H3. The van der Waals surface area contributed by atoms with E-state index in [1.807, 2.05) is 40.1 Å². The first-order valence-electron chi connectivity index (χ1n) is 11.2. The van der Waals surface area contributed by atoms with Gasteiger partial charge in [-0.05, 0) is 56.3 Å². The van der Waals surface area contributed by atoms with Crippen molar-refractivity contribution in [2.45, 2.75) is 38.6 Å². The van der Waals surface area contributed by atoms with Crippen molar-refractivity contribution in [3.63, 3.8) is 0 Å². The van der Waals surface area contributed by atoms with Gasteiger partial charge in [0.2, 0.25) is 11.8 Å². The van der Waals surface area contributed by atoms with Crippen molar-refractivity contribution in [1.29, 1.82) is 0 Å². The summed E-state index contributed by atoms with van der Waals surface area (Å²) in [7, 11) is 0. The average Bonchev–Trinajstić information content (AvgIpc) is 3.16. The van der Waals surface area contributed by atoms with Crippen LogP contribution in [-0.2, 0) is 9.59 Å². The van der Waals surface area contributed by atoms with E-state index in [2.05, 4.69) is 17.1 Å². The smallest absolute Gasteiger partial charge is 0.244 e. The van der Waals surface area contributed by atoms with Gasteiger partial charge in [-0.3, -0.25) is 14.5 Å². The van der Waals surface area contributed by atoms with Gasteiger partial charge in [-0.15, -0.1) is 0 Å². The molecular formula is C23H34N4O2. The fourth-order valence-electron chi connectivity index (χ4n) is 5.14. The summed E-state index contributed by atoms with van der Waals surface area (Å²) in [5.41, 5.74) is 0.987. The zero-order chi connectivity index (χ0) is 20.2. The minimum Gasteiger partial charge on any atom is -0.340 e. The zero-order valence-corrected chi connectivity index (χ0v) is 17.6. The highest BCUT2D eigenvalue weighted by atomic mass is 16.2. The highest BCUT2D eigenvalue weighted by molar-refractivity contribution is 5.99. The Morgan fingerprint density at radius 3 is 2.41 bits per heavy atom. The molecule has 1 N–H and O–H groups in total. The first-order chi connectivity index (χ1) is 14.1. The van der Waals surface area contributed by atoms with Gasteiger partial charge in [0.05, 0.1) is 6.04 Å². The zero-order valence-electron chi connectivity index (χ0n) is 17.6. The van der Waals surface area contributed by atoms with Gasteiger partial charge in [-0.25, -0.2) is 0 Å². The van der Waals surface area contributed by atoms with Crippen LogP contribution in [0.4, 0.5) is 5.69 Å². The lowest BCUT2D eigenvalue weighted by Gasteiger charge is -2.38. The second-order valence-corrected chi connectivity index (χ2v) is 8.82. The van der Waals surface area contributed by atoms with E-state index in [1.165, 1.54) is 12.8 Å². The molecule has 0 aromatic heterocycles. The maximum Gasteiger partial charge on any atom is 0.244 e. The molecule has 0 radical (unpaired) electrons. The van der Waals surface area contributed by atoms with Crippen molar-refractivity contribution < 1.29 is 9.59 Å². The number of anilines is 1. The highest BCUT2D eigenvalue weighted by Gasteiger charge is 2.38. The molecule has 0 bridgehead atoms. The second-order valence-electron chi connectivity index (χ2n) is 8.82. The number of carbonyl (C=O) groups excluding carboxylic acids is 2. The molecule has 3 aliphatic heterocycles. The van der Waals surface area contributed by atoms with Gasteiger partial charge in [0.15, 0.2) is 0 Å². The molecule has 6 nitrogen and oxygen atoms in total. The van der Waals surface area contributed by atoms with Crippen LogP contribution < -0.4 is 10.2 Å². The Morgan fingerprint density at radius 1 is 1.03 bits per heavy atom. The van der Waals surface area contributed by atoms with Crippen LogP contribution in [0.25, 0.3) is 0 Å². The van der Waals surface area contributed by atoms with Gasteiger partial charge in [0.1, 0.15) is 0 Å². The molecule has 1 aromatic rings. The molecule has 4 rings (SSSR count). The summed E-state index contributed by atoms with van der Waals surface area (Å²) in [6, 6.07) is 9.89. The monoisotopic (exact) mass is 398 g/mol. The number of nitrogens with one attached hydrogen (secondary N) is 1. The van der Waals surface area contributed by atoms with E-state index in [9.17, 15) is 9.59 Å². The van der Waals surface area contributed by atoms with E-state index in [4.69, 9.17) is 0 Å². The quantitative estimate of drug-likeness (QED) is 0.824. The molecule has 0 aliphatic carbocycles. The molecule has 3 heterocycles. The lowest BCUT2D eigenvalue weighted by atomic mass is 9.84. The van der Waals surface area contributed by atoms with E-state index in [0.29, 0.717) is 24.2 Å². The minimum absolute atomic E-state index is 0.0406. The van der Waals surface area contributed by atoms with Gasteiger partial charge >= 0.3 is 0 Å². The summed E-state index contributed by atoms with van der Waals surface area (Å²) < 4.78 is 0. The lowest BCUT2D eigenvalue weighted by Crippen LogP contribution is -2.54. The summed E-state index contributed by atoms with van der Waals surface area (Å²) in [5, 5.41) is 3.40. The first-order valence-corrected chi connectivity index (χ1v) is 11.2. The number of hydrogen-bond donors (Lipinski definition) is 1. The van der Waals surface area contributed by atoms with Crippen LogP contribution in [0.2, 0.25) is 0 Å². The van der Waals surface area contributed by atoms with Crippen LogP contribution in [0.3, 0.4) is 0 Å². The third kappa shape index (κ3) is 4.64. The van der Waals surface area contributed by atoms with Crippen molar-refractivity contribution in [2.24, 2.45) is 11.8 Å². The molecule has 3 saturated heterocycles. The first kappa shape index (κ1) is 20.4. The Bertz CT molecular complexity index is 696. The van der Waals surface area contributed by atoms with Crippen molar-refractivity contribution >= 4 is 17.5 Å². The highest BCUT2D eigenvalue weighted by Crippen LogP contribution is 2.27. The number of para-hydroxylation sites is 1. The molecule has 3 aliphatic rings. The van der Waals surface area contributed by atoms with Crippen molar-refractivity contribution in [3.8, 4) is 0 Å². The molecule has 3 fully saturated rings. The summed E-state index contributed by atoms with van der Waals surface area (Å²) in [5.74, 6) is 1.62. The summed E-state index contributed by atoms with van der Waals surface area (Å²) >= 11 is 0. The average molecular weight is 399 g/mol. The van der Waals surface area contributed by atoms with Gasteiger partial charge in [0.25, 0.3) is 0 Å². The normalized spacial score (nSPS) is 25.4. The minimum atomic E-state index is -0.0406. The Hall–Kier alpha value is -1.92. The van der Waals surface area contributed by atoms with Crippen LogP contribution in [0, 0.1) is 11.8 Å². The second kappa shape index (κ2) is 9.26. The van der Waals surface area contributed by atoms with Gasteiger partial charge in [-0.2, -0.15) is 0 Å². The van der Waals surface area contributed by atoms with Crippen molar-refractivity contribution in [2.75, 3.05) is 50.7 Å². The van der Waals surface area contributed by atoms with Crippen LogP contribution in [-0.4, -0.2) is 73.5 Å². The van der Waals surface area contributed by atoms with E-state index in [1.54, 1.807) is 0 Å². The van der Waals surface area contributed by atoms with E-state index < -0.39 is 0 Å². The van der Waals surface area contributed by atoms with Crippen molar-refractivity contribution in [3.05, 3.63) is 30.3 Å². The number of hydrogen-bond acceptors (Lipinski definition) is 4. The van der Waals surface area contributed by atoms with Gasteiger partial charge in [-0.1, -0.05) is 25.1 Å². The third-order valence-corrected chi connectivity index (χ3v) is 7.04. The largest absolute Gasteiger partial charge is 0.340 e. The van der Waals surface area contributed by atoms with Gasteiger partial charge < -0.3 is 15.1 Å². The Kier molecular flexibility index (Phi) is 6.50. The molecule has 158 valence electrons. The number of carbonyl (C=O) groups is 2. The predicted octanol–water partition coefficient (Wildman–Crippen LogP) is 1.96. The number of amides is 2. The van der Waals surface area contributed by atoms with Crippen LogP contribution in [0.1, 0.15) is 32.6 Å². The van der Waals surface area contributed by atoms with Crippen LogP contribution in [0.15, 0.2) is 30.3 Å². The fourth-order valence-corrected chi connectivity index (χ4v) is 5.14. The Labute approximate surface area is 174 Å². The van der Waals surface area contributed by atoms with Gasteiger partial charge in [0, 0.05) is 44.8 Å². The fraction of sp³-hybridized carbons (Fsp3) is 0.652. The maximum atomic E-state index is 12.9. The summed E-state index contributed by atoms with van der Waals surface area (Å²) in [4.78, 5) is 31.9. The van der Waals surface area contributed by atoms with Crippen LogP contribution >= 0.6 is 0 Å². The number of nitrogens with zero attached hydrogens (tertiary/aromatic N) is 3. The van der Waals surface area contributed by atoms with E-state index >= 15 is 0 Å². The van der Waals surface area contributed by atoms with Crippen LogP contribution in [0.5, 0.6) is 0 Å². The number of piperazine rings is 1. The van der Waals surface area contributed by atoms with Crippen molar-refractivity contribution in [1.82, 2.24) is 15.1 Å². The maximum absolute atomic E-state index is 12.9. The number of piperidine rings is 1. The molecule has 2 atom stereocenters. The Balaban J connectivity index is 1.26. The number of benzene rings is 1.